The molecule has 1 rings (SSSR count). The van der Waals surface area contributed by atoms with E-state index in [1.165, 1.54) is 0 Å². The lowest BCUT2D eigenvalue weighted by Crippen LogP contribution is -2.09. The van der Waals surface area contributed by atoms with Crippen molar-refractivity contribution in [1.82, 2.24) is 0 Å². The number of rotatable bonds is 7. The van der Waals surface area contributed by atoms with Gasteiger partial charge in [-0.25, -0.2) is 0 Å². The molecule has 0 bridgehead atoms. The molecular formula is C16H24IO3P. The van der Waals surface area contributed by atoms with Gasteiger partial charge in [0.05, 0.1) is 13.0 Å². The van der Waals surface area contributed by atoms with Gasteiger partial charge in [0.2, 0.25) is 0 Å². The fourth-order valence-electron chi connectivity index (χ4n) is 1.76. The Labute approximate surface area is 142 Å². The van der Waals surface area contributed by atoms with Gasteiger partial charge in [-0.05, 0) is 53.6 Å². The van der Waals surface area contributed by atoms with Crippen LogP contribution in [0.4, 0.5) is 0 Å². The number of allylic oxidation sites excluding steroid dienone is 2. The molecule has 5 heteroatoms. The molecule has 0 aliphatic rings. The van der Waals surface area contributed by atoms with E-state index in [0.29, 0.717) is 19.5 Å². The van der Waals surface area contributed by atoms with Crippen molar-refractivity contribution >= 4 is 34.5 Å². The van der Waals surface area contributed by atoms with Crippen molar-refractivity contribution in [3.8, 4) is 5.75 Å². The highest BCUT2D eigenvalue weighted by Crippen LogP contribution is 2.29. The first-order chi connectivity index (χ1) is 10.2. The average molecular weight is 422 g/mol. The predicted molar refractivity (Wildman–Crippen MR) is 99.6 cm³/mol. The third-order valence-corrected chi connectivity index (χ3v) is 3.55. The molecule has 1 aromatic carbocycles. The molecule has 118 valence electrons. The smallest absolute Gasteiger partial charge is 0.306 e. The maximum Gasteiger partial charge on any atom is 0.306 e. The summed E-state index contributed by atoms with van der Waals surface area (Å²) >= 11 is 2.18. The van der Waals surface area contributed by atoms with Gasteiger partial charge >= 0.3 is 5.97 Å². The van der Waals surface area contributed by atoms with Gasteiger partial charge < -0.3 is 9.26 Å². The van der Waals surface area contributed by atoms with E-state index in [1.807, 2.05) is 64.1 Å². The second-order valence-corrected chi connectivity index (χ2v) is 5.57. The molecule has 0 radical (unpaired) electrons. The molecule has 0 heterocycles. The van der Waals surface area contributed by atoms with Crippen molar-refractivity contribution in [3.63, 3.8) is 0 Å². The van der Waals surface area contributed by atoms with E-state index in [2.05, 4.69) is 22.0 Å². The lowest BCUT2D eigenvalue weighted by atomic mass is 9.95. The van der Waals surface area contributed by atoms with Crippen LogP contribution in [0.3, 0.4) is 0 Å². The van der Waals surface area contributed by atoms with Crippen LogP contribution in [-0.2, 0) is 9.53 Å². The van der Waals surface area contributed by atoms with Gasteiger partial charge in [-0.3, -0.25) is 4.79 Å². The van der Waals surface area contributed by atoms with E-state index in [4.69, 9.17) is 9.26 Å². The zero-order valence-corrected chi connectivity index (χ0v) is 16.2. The summed E-state index contributed by atoms with van der Waals surface area (Å²) in [5.74, 6) is 0.742. The van der Waals surface area contributed by atoms with Crippen molar-refractivity contribution in [2.24, 2.45) is 0 Å². The third-order valence-electron chi connectivity index (χ3n) is 2.58. The van der Waals surface area contributed by atoms with E-state index in [9.17, 15) is 4.79 Å². The first-order valence-electron chi connectivity index (χ1n) is 7.12. The number of ether oxygens (including phenoxy) is 1. The van der Waals surface area contributed by atoms with Gasteiger partial charge in [-0.15, -0.1) is 0 Å². The minimum atomic E-state index is -0.167. The third kappa shape index (κ3) is 8.42. The van der Waals surface area contributed by atoms with Crippen LogP contribution in [0, 0.1) is 0 Å². The van der Waals surface area contributed by atoms with Gasteiger partial charge in [0.15, 0.2) is 0 Å². The van der Waals surface area contributed by atoms with Crippen LogP contribution in [0.25, 0.3) is 0 Å². The number of esters is 1. The Kier molecular flexibility index (Phi) is 12.7. The monoisotopic (exact) mass is 422 g/mol. The second kappa shape index (κ2) is 13.1. The van der Waals surface area contributed by atoms with Crippen LogP contribution in [0.1, 0.15) is 45.6 Å². The summed E-state index contributed by atoms with van der Waals surface area (Å²) in [6, 6.07) is 7.86. The Balaban J connectivity index is 0.00000191. The average Bonchev–Trinajstić information content (AvgIpc) is 2.50. The molecule has 0 aromatic heterocycles. The lowest BCUT2D eigenvalue weighted by Gasteiger charge is -2.13. The van der Waals surface area contributed by atoms with Crippen molar-refractivity contribution < 1.29 is 14.1 Å². The highest BCUT2D eigenvalue weighted by atomic mass is 127. The van der Waals surface area contributed by atoms with Crippen LogP contribution >= 0.6 is 28.5 Å². The minimum Gasteiger partial charge on any atom is -0.467 e. The molecule has 0 saturated heterocycles. The van der Waals surface area contributed by atoms with Crippen LogP contribution in [0.5, 0.6) is 5.75 Å². The Hall–Kier alpha value is -0.610. The van der Waals surface area contributed by atoms with Crippen LogP contribution in [0.15, 0.2) is 36.4 Å². The Bertz CT molecular complexity index is 418. The van der Waals surface area contributed by atoms with Crippen LogP contribution in [0.2, 0.25) is 0 Å². The number of carbonyl (C=O) groups is 1. The molecule has 0 aliphatic heterocycles. The molecule has 1 aromatic rings. The van der Waals surface area contributed by atoms with E-state index < -0.39 is 0 Å². The molecule has 21 heavy (non-hydrogen) atoms. The first-order valence-corrected chi connectivity index (χ1v) is 11.1. The maximum absolute atomic E-state index is 11.6. The summed E-state index contributed by atoms with van der Waals surface area (Å²) in [6.45, 7) is 8.60. The minimum absolute atomic E-state index is 0.0557. The Morgan fingerprint density at radius 2 is 1.95 bits per heavy atom. The van der Waals surface area contributed by atoms with Crippen molar-refractivity contribution in [2.45, 2.75) is 40.0 Å². The summed E-state index contributed by atoms with van der Waals surface area (Å²) in [6.07, 6.45) is 4.35. The van der Waals surface area contributed by atoms with Crippen molar-refractivity contribution in [3.05, 3.63) is 42.0 Å². The van der Waals surface area contributed by atoms with Crippen molar-refractivity contribution in [2.75, 3.05) is 6.61 Å². The van der Waals surface area contributed by atoms with Crippen molar-refractivity contribution in [1.29, 1.82) is 0 Å². The molecule has 2 unspecified atom stereocenters. The van der Waals surface area contributed by atoms with Gasteiger partial charge in [0.25, 0.3) is 0 Å². The van der Waals surface area contributed by atoms with Gasteiger partial charge in [-0.1, -0.05) is 38.1 Å². The molecule has 0 fully saturated rings. The molecule has 0 aliphatic carbocycles. The SMILES string of the molecule is C/C=C/C(CC(=O)OCC)c1ccc(OPI)cc1.CC. The number of benzene rings is 1. The normalized spacial score (nSPS) is 12.0. The molecule has 2 atom stereocenters. The molecule has 0 saturated carbocycles. The molecular weight excluding hydrogens is 398 g/mol. The van der Waals surface area contributed by atoms with E-state index >= 15 is 0 Å². The first kappa shape index (κ1) is 20.4. The van der Waals surface area contributed by atoms with Gasteiger partial charge in [-0.2, -0.15) is 0 Å². The summed E-state index contributed by atoms with van der Waals surface area (Å²) < 4.78 is 10.4. The number of hydrogen-bond donors (Lipinski definition) is 0. The number of halogens is 1. The Morgan fingerprint density at radius 1 is 1.33 bits per heavy atom. The number of hydrogen-bond acceptors (Lipinski definition) is 3. The fraction of sp³-hybridized carbons (Fsp3) is 0.438. The standard InChI is InChI=1S/C14H18IO3P.C2H6/c1-3-5-12(10-14(16)17-4-2)11-6-8-13(9-7-11)18-19-15;1-2/h3,5-9,12,19H,4,10H2,1-2H3;1-2H3/b5-3+;. The molecule has 0 N–H and O–H groups in total. The largest absolute Gasteiger partial charge is 0.467 e. The summed E-state index contributed by atoms with van der Waals surface area (Å²) in [5.41, 5.74) is 1.09. The summed E-state index contributed by atoms with van der Waals surface area (Å²) in [7, 11) is 0. The second-order valence-electron chi connectivity index (χ2n) is 3.89. The molecule has 0 spiro atoms. The highest BCUT2D eigenvalue weighted by Gasteiger charge is 2.14. The van der Waals surface area contributed by atoms with Gasteiger partial charge in [0, 0.05) is 5.92 Å². The lowest BCUT2D eigenvalue weighted by molar-refractivity contribution is -0.143. The number of carbonyl (C=O) groups excluding carboxylic acids is 1. The Morgan fingerprint density at radius 3 is 2.43 bits per heavy atom. The summed E-state index contributed by atoms with van der Waals surface area (Å²) in [4.78, 5) is 11.6. The predicted octanol–water partition coefficient (Wildman–Crippen LogP) is 5.65. The summed E-state index contributed by atoms with van der Waals surface area (Å²) in [5, 5.41) is 0. The highest BCUT2D eigenvalue weighted by molar-refractivity contribution is 14.2. The topological polar surface area (TPSA) is 35.5 Å². The van der Waals surface area contributed by atoms with Crippen LogP contribution in [-0.4, -0.2) is 12.6 Å². The van der Waals surface area contributed by atoms with E-state index in [0.717, 1.165) is 11.3 Å². The zero-order valence-electron chi connectivity index (χ0n) is 13.1. The molecule has 0 amide bonds. The van der Waals surface area contributed by atoms with Crippen LogP contribution < -0.4 is 4.52 Å². The van der Waals surface area contributed by atoms with E-state index in [1.54, 1.807) is 0 Å². The van der Waals surface area contributed by atoms with Gasteiger partial charge in [0.1, 0.15) is 12.2 Å². The fourth-order valence-corrected chi connectivity index (χ4v) is 2.74. The quantitative estimate of drug-likeness (QED) is 0.247. The van der Waals surface area contributed by atoms with E-state index in [-0.39, 0.29) is 11.9 Å². The molecule has 3 nitrogen and oxygen atoms in total. The zero-order chi connectivity index (χ0) is 16.1. The maximum atomic E-state index is 11.6.